The zero-order valence-corrected chi connectivity index (χ0v) is 15.2. The molecule has 0 aromatic heterocycles. The average molecular weight is 358 g/mol. The van der Waals surface area contributed by atoms with E-state index in [0.29, 0.717) is 6.54 Å². The number of fused-ring (bicyclic) bond motifs is 1. The van der Waals surface area contributed by atoms with Crippen molar-refractivity contribution < 1.29 is 9.53 Å². The van der Waals surface area contributed by atoms with Gasteiger partial charge in [-0.25, -0.2) is 0 Å². The molecule has 0 spiro atoms. The van der Waals surface area contributed by atoms with Gasteiger partial charge < -0.3 is 15.4 Å². The fourth-order valence-corrected chi connectivity index (χ4v) is 3.69. The van der Waals surface area contributed by atoms with Gasteiger partial charge in [0.15, 0.2) is 0 Å². The minimum Gasteiger partial charge on any atom is -0.496 e. The predicted octanol–water partition coefficient (Wildman–Crippen LogP) is 4.01. The monoisotopic (exact) mass is 358 g/mol. The smallest absolute Gasteiger partial charge is 0.252 e. The Labute approximate surface area is 159 Å². The molecule has 1 heterocycles. The zero-order valence-electron chi connectivity index (χ0n) is 15.2. The summed E-state index contributed by atoms with van der Waals surface area (Å²) in [7, 11) is 1.68. The van der Waals surface area contributed by atoms with Gasteiger partial charge in [-0.3, -0.25) is 4.79 Å². The number of hydrogen-bond acceptors (Lipinski definition) is 3. The topological polar surface area (TPSA) is 50.4 Å². The summed E-state index contributed by atoms with van der Waals surface area (Å²) in [6, 6.07) is 25.7. The van der Waals surface area contributed by atoms with Gasteiger partial charge >= 0.3 is 0 Å². The van der Waals surface area contributed by atoms with E-state index in [1.54, 1.807) is 7.11 Å². The van der Waals surface area contributed by atoms with Crippen LogP contribution < -0.4 is 15.4 Å². The first-order chi connectivity index (χ1) is 13.3. The third kappa shape index (κ3) is 3.44. The molecular formula is C23H22N2O2. The standard InChI is InChI=1S/C23H22N2O2/c1-27-20-14-8-5-11-17(20)15-24-22-18-12-6-7-13-19(18)23(26)25-21(22)16-9-3-2-4-10-16/h2-14,21-22,24H,15H2,1H3,(H,25,26)/t21-,22+/m0/s1. The van der Waals surface area contributed by atoms with Crippen molar-refractivity contribution in [3.05, 3.63) is 101 Å². The fraction of sp³-hybridized carbons (Fsp3) is 0.174. The second kappa shape index (κ2) is 7.64. The van der Waals surface area contributed by atoms with Crippen molar-refractivity contribution in [2.45, 2.75) is 18.6 Å². The second-order valence-corrected chi connectivity index (χ2v) is 6.62. The van der Waals surface area contributed by atoms with E-state index in [9.17, 15) is 4.79 Å². The number of nitrogens with one attached hydrogen (secondary N) is 2. The van der Waals surface area contributed by atoms with Gasteiger partial charge in [0.1, 0.15) is 5.75 Å². The molecule has 0 fully saturated rings. The van der Waals surface area contributed by atoms with Gasteiger partial charge in [0.2, 0.25) is 0 Å². The third-order valence-corrected chi connectivity index (χ3v) is 5.02. The van der Waals surface area contributed by atoms with Crippen LogP contribution in [0, 0.1) is 0 Å². The van der Waals surface area contributed by atoms with Gasteiger partial charge in [-0.05, 0) is 23.3 Å². The van der Waals surface area contributed by atoms with E-state index in [-0.39, 0.29) is 18.0 Å². The van der Waals surface area contributed by atoms with Crippen LogP contribution in [-0.2, 0) is 6.54 Å². The quantitative estimate of drug-likeness (QED) is 0.724. The van der Waals surface area contributed by atoms with Crippen molar-refractivity contribution in [1.82, 2.24) is 10.6 Å². The molecule has 1 amide bonds. The Morgan fingerprint density at radius 2 is 1.63 bits per heavy atom. The predicted molar refractivity (Wildman–Crippen MR) is 106 cm³/mol. The summed E-state index contributed by atoms with van der Waals surface area (Å²) in [5.41, 5.74) is 3.91. The van der Waals surface area contributed by atoms with Crippen molar-refractivity contribution in [3.63, 3.8) is 0 Å². The van der Waals surface area contributed by atoms with E-state index in [1.165, 1.54) is 0 Å². The Bertz CT molecular complexity index is 940. The number of methoxy groups -OCH3 is 1. The van der Waals surface area contributed by atoms with Crippen LogP contribution in [0.25, 0.3) is 0 Å². The Morgan fingerprint density at radius 3 is 2.44 bits per heavy atom. The lowest BCUT2D eigenvalue weighted by Crippen LogP contribution is -2.43. The molecule has 3 aromatic carbocycles. The van der Waals surface area contributed by atoms with Gasteiger partial charge in [-0.15, -0.1) is 0 Å². The van der Waals surface area contributed by atoms with Crippen LogP contribution in [0.2, 0.25) is 0 Å². The number of ether oxygens (including phenoxy) is 1. The highest BCUT2D eigenvalue weighted by Gasteiger charge is 2.34. The summed E-state index contributed by atoms with van der Waals surface area (Å²) < 4.78 is 5.47. The maximum Gasteiger partial charge on any atom is 0.252 e. The lowest BCUT2D eigenvalue weighted by molar-refractivity contribution is 0.0907. The van der Waals surface area contributed by atoms with E-state index in [0.717, 1.165) is 28.0 Å². The van der Waals surface area contributed by atoms with Crippen LogP contribution in [0.5, 0.6) is 5.75 Å². The number of rotatable bonds is 5. The first-order valence-electron chi connectivity index (χ1n) is 9.08. The van der Waals surface area contributed by atoms with Crippen LogP contribution in [0.4, 0.5) is 0 Å². The third-order valence-electron chi connectivity index (χ3n) is 5.02. The Morgan fingerprint density at radius 1 is 0.926 bits per heavy atom. The molecule has 0 bridgehead atoms. The van der Waals surface area contributed by atoms with Crippen LogP contribution in [0.1, 0.15) is 39.1 Å². The summed E-state index contributed by atoms with van der Waals surface area (Å²) in [4.78, 5) is 12.6. The van der Waals surface area contributed by atoms with Crippen LogP contribution >= 0.6 is 0 Å². The highest BCUT2D eigenvalue weighted by Crippen LogP contribution is 2.35. The molecule has 136 valence electrons. The Kier molecular flexibility index (Phi) is 4.90. The lowest BCUT2D eigenvalue weighted by Gasteiger charge is -2.35. The molecule has 4 rings (SSSR count). The molecule has 0 radical (unpaired) electrons. The van der Waals surface area contributed by atoms with Crippen LogP contribution in [0.15, 0.2) is 78.9 Å². The van der Waals surface area contributed by atoms with Gasteiger partial charge in [-0.1, -0.05) is 66.7 Å². The number of carbonyl (C=O) groups excluding carboxylic acids is 1. The van der Waals surface area contributed by atoms with Crippen molar-refractivity contribution in [2.75, 3.05) is 7.11 Å². The van der Waals surface area contributed by atoms with E-state index in [4.69, 9.17) is 4.74 Å². The maximum absolute atomic E-state index is 12.6. The van der Waals surface area contributed by atoms with Crippen LogP contribution in [-0.4, -0.2) is 13.0 Å². The van der Waals surface area contributed by atoms with Gasteiger partial charge in [0.05, 0.1) is 19.2 Å². The highest BCUT2D eigenvalue weighted by molar-refractivity contribution is 5.97. The zero-order chi connectivity index (χ0) is 18.6. The number of amides is 1. The maximum atomic E-state index is 12.6. The van der Waals surface area contributed by atoms with Crippen molar-refractivity contribution in [2.24, 2.45) is 0 Å². The molecule has 0 aliphatic carbocycles. The molecule has 1 aliphatic rings. The number of para-hydroxylation sites is 1. The molecule has 1 aliphatic heterocycles. The average Bonchev–Trinajstić information content (AvgIpc) is 2.74. The summed E-state index contributed by atoms with van der Waals surface area (Å²) >= 11 is 0. The number of benzene rings is 3. The molecule has 0 unspecified atom stereocenters. The summed E-state index contributed by atoms with van der Waals surface area (Å²) in [5.74, 6) is 0.823. The minimum atomic E-state index is -0.136. The SMILES string of the molecule is COc1ccccc1CN[C@@H]1c2ccccc2C(=O)N[C@H]1c1ccccc1. The van der Waals surface area contributed by atoms with Gasteiger partial charge in [0.25, 0.3) is 5.91 Å². The van der Waals surface area contributed by atoms with Crippen LogP contribution in [0.3, 0.4) is 0 Å². The molecule has 4 nitrogen and oxygen atoms in total. The molecule has 2 N–H and O–H groups in total. The fourth-order valence-electron chi connectivity index (χ4n) is 3.69. The van der Waals surface area contributed by atoms with E-state index in [2.05, 4.69) is 28.8 Å². The lowest BCUT2D eigenvalue weighted by atomic mass is 9.86. The summed E-state index contributed by atoms with van der Waals surface area (Å²) in [5, 5.41) is 6.81. The van der Waals surface area contributed by atoms with Crippen molar-refractivity contribution in [3.8, 4) is 5.75 Å². The van der Waals surface area contributed by atoms with E-state index in [1.807, 2.05) is 60.7 Å². The summed E-state index contributed by atoms with van der Waals surface area (Å²) in [6.07, 6.45) is 0. The molecular weight excluding hydrogens is 336 g/mol. The van der Waals surface area contributed by atoms with Crippen molar-refractivity contribution >= 4 is 5.91 Å². The summed E-state index contributed by atoms with van der Waals surface area (Å²) in [6.45, 7) is 0.641. The first kappa shape index (κ1) is 17.3. The largest absolute Gasteiger partial charge is 0.496 e. The Balaban J connectivity index is 1.69. The minimum absolute atomic E-state index is 0.0326. The molecule has 27 heavy (non-hydrogen) atoms. The molecule has 0 saturated carbocycles. The molecule has 2 atom stereocenters. The first-order valence-corrected chi connectivity index (χ1v) is 9.08. The normalized spacial score (nSPS) is 18.5. The number of hydrogen-bond donors (Lipinski definition) is 2. The second-order valence-electron chi connectivity index (χ2n) is 6.62. The molecule has 3 aromatic rings. The molecule has 0 saturated heterocycles. The number of carbonyl (C=O) groups is 1. The van der Waals surface area contributed by atoms with Gasteiger partial charge in [-0.2, -0.15) is 0 Å². The van der Waals surface area contributed by atoms with E-state index >= 15 is 0 Å². The van der Waals surface area contributed by atoms with Gasteiger partial charge in [0, 0.05) is 17.7 Å². The van der Waals surface area contributed by atoms with Crippen molar-refractivity contribution in [1.29, 1.82) is 0 Å². The van der Waals surface area contributed by atoms with E-state index < -0.39 is 0 Å². The highest BCUT2D eigenvalue weighted by atomic mass is 16.5. The molecule has 4 heteroatoms. The Hall–Kier alpha value is -3.11.